The summed E-state index contributed by atoms with van der Waals surface area (Å²) in [6, 6.07) is 0. The zero-order valence-electron chi connectivity index (χ0n) is 6.14. The first-order valence-corrected chi connectivity index (χ1v) is 4.54. The molecule has 0 aromatic heterocycles. The van der Waals surface area contributed by atoms with E-state index in [1.165, 1.54) is 0 Å². The molecule has 1 aliphatic carbocycles. The van der Waals surface area contributed by atoms with Crippen LogP contribution in [-0.4, -0.2) is 10.1 Å². The van der Waals surface area contributed by atoms with Gasteiger partial charge in [0.1, 0.15) is 11.7 Å². The first-order valence-electron chi connectivity index (χ1n) is 3.40. The molecule has 4 heteroatoms. The van der Waals surface area contributed by atoms with Crippen LogP contribution in [0.25, 0.3) is 0 Å². The Bertz CT molecular complexity index is 225. The smallest absolute Gasteiger partial charge is 0.209 e. The largest absolute Gasteiger partial charge is 0.302 e. The number of alkyl halides is 3. The molecule has 0 N–H and O–H groups in total. The number of halogens is 3. The lowest BCUT2D eigenvalue weighted by Crippen LogP contribution is -2.33. The number of hydrogen-bond acceptors (Lipinski definition) is 1. The summed E-state index contributed by atoms with van der Waals surface area (Å²) in [5.74, 6) is 0. The van der Waals surface area contributed by atoms with Gasteiger partial charge in [-0.05, 0) is 6.42 Å². The van der Waals surface area contributed by atoms with Crippen LogP contribution in [0.1, 0.15) is 6.42 Å². The Morgan fingerprint density at radius 1 is 1.25 bits per heavy atom. The average Bonchev–Trinajstić information content (AvgIpc) is 2.04. The molecule has 12 heavy (non-hydrogen) atoms. The summed E-state index contributed by atoms with van der Waals surface area (Å²) in [7, 11) is 0. The maximum Gasteiger partial charge on any atom is 0.209 e. The highest BCUT2D eigenvalue weighted by molar-refractivity contribution is 6.69. The second-order valence-corrected chi connectivity index (χ2v) is 4.87. The van der Waals surface area contributed by atoms with Gasteiger partial charge in [-0.3, -0.25) is 0 Å². The van der Waals surface area contributed by atoms with E-state index in [0.717, 1.165) is 6.42 Å². The van der Waals surface area contributed by atoms with Gasteiger partial charge in [0.15, 0.2) is 0 Å². The Morgan fingerprint density at radius 2 is 1.75 bits per heavy atom. The third-order valence-electron chi connectivity index (χ3n) is 1.75. The molecule has 0 spiro atoms. The molecule has 66 valence electrons. The van der Waals surface area contributed by atoms with Crippen LogP contribution >= 0.6 is 34.8 Å². The molecule has 0 atom stereocenters. The summed E-state index contributed by atoms with van der Waals surface area (Å²) in [5.41, 5.74) is -1.09. The second-order valence-electron chi connectivity index (χ2n) is 2.59. The number of rotatable bonds is 1. The Morgan fingerprint density at radius 3 is 2.00 bits per heavy atom. The summed E-state index contributed by atoms with van der Waals surface area (Å²) in [6.45, 7) is 0. The van der Waals surface area contributed by atoms with Gasteiger partial charge in [-0.1, -0.05) is 59.1 Å². The molecule has 0 saturated heterocycles. The van der Waals surface area contributed by atoms with Crippen molar-refractivity contribution in [2.75, 3.05) is 0 Å². The van der Waals surface area contributed by atoms with Gasteiger partial charge in [-0.2, -0.15) is 0 Å². The highest BCUT2D eigenvalue weighted by Crippen LogP contribution is 2.46. The molecular weight excluding hydrogens is 218 g/mol. The van der Waals surface area contributed by atoms with Crippen LogP contribution in [0.4, 0.5) is 0 Å². The quantitative estimate of drug-likeness (QED) is 0.381. The molecule has 0 fully saturated rings. The van der Waals surface area contributed by atoms with Crippen LogP contribution in [0.15, 0.2) is 24.3 Å². The van der Waals surface area contributed by atoms with Crippen molar-refractivity contribution < 1.29 is 4.79 Å². The highest BCUT2D eigenvalue weighted by Gasteiger charge is 2.45. The minimum Gasteiger partial charge on any atom is -0.302 e. The molecule has 0 aromatic rings. The molecule has 0 amide bonds. The Kier molecular flexibility index (Phi) is 2.87. The van der Waals surface area contributed by atoms with Gasteiger partial charge in [-0.25, -0.2) is 0 Å². The van der Waals surface area contributed by atoms with Gasteiger partial charge in [0.2, 0.25) is 3.79 Å². The van der Waals surface area contributed by atoms with E-state index < -0.39 is 9.21 Å². The maximum absolute atomic E-state index is 10.8. The standard InChI is InChI=1S/C8H7Cl3O/c9-8(10,11)7(6-12)4-2-1-3-5-7/h2-6H,1H2. The van der Waals surface area contributed by atoms with Gasteiger partial charge in [0.25, 0.3) is 0 Å². The SMILES string of the molecule is O=CC1(C(Cl)(Cl)Cl)C=CCC=C1. The minimum absolute atomic E-state index is 0.645. The van der Waals surface area contributed by atoms with Crippen molar-refractivity contribution in [2.45, 2.75) is 10.2 Å². The van der Waals surface area contributed by atoms with Crippen molar-refractivity contribution >= 4 is 41.1 Å². The van der Waals surface area contributed by atoms with Crippen molar-refractivity contribution in [3.8, 4) is 0 Å². The molecule has 0 unspecified atom stereocenters. The third-order valence-corrected chi connectivity index (χ3v) is 2.73. The molecule has 0 aromatic carbocycles. The van der Waals surface area contributed by atoms with Crippen molar-refractivity contribution in [1.82, 2.24) is 0 Å². The van der Waals surface area contributed by atoms with E-state index in [1.54, 1.807) is 24.3 Å². The topological polar surface area (TPSA) is 17.1 Å². The van der Waals surface area contributed by atoms with Gasteiger partial charge in [0.05, 0.1) is 0 Å². The summed E-state index contributed by atoms with van der Waals surface area (Å²) in [6.07, 6.45) is 8.26. The first-order chi connectivity index (χ1) is 5.52. The summed E-state index contributed by atoms with van der Waals surface area (Å²) < 4.78 is -1.61. The fourth-order valence-corrected chi connectivity index (χ4v) is 1.51. The maximum atomic E-state index is 10.8. The average molecular weight is 226 g/mol. The lowest BCUT2D eigenvalue weighted by molar-refractivity contribution is -0.112. The highest BCUT2D eigenvalue weighted by atomic mass is 35.6. The Hall–Kier alpha value is 0.0200. The van der Waals surface area contributed by atoms with Gasteiger partial charge in [-0.15, -0.1) is 0 Å². The van der Waals surface area contributed by atoms with E-state index >= 15 is 0 Å². The zero-order chi connectivity index (χ0) is 9.24. The van der Waals surface area contributed by atoms with Crippen LogP contribution in [-0.2, 0) is 4.79 Å². The fourth-order valence-electron chi connectivity index (χ4n) is 0.995. The molecule has 0 radical (unpaired) electrons. The van der Waals surface area contributed by atoms with Crippen LogP contribution in [0.5, 0.6) is 0 Å². The molecule has 1 aliphatic rings. The Labute approximate surface area is 86.0 Å². The normalized spacial score (nSPS) is 20.9. The van der Waals surface area contributed by atoms with Crippen LogP contribution in [0.2, 0.25) is 0 Å². The van der Waals surface area contributed by atoms with Crippen molar-refractivity contribution in [3.05, 3.63) is 24.3 Å². The number of carbonyl (C=O) groups is 1. The van der Waals surface area contributed by atoms with E-state index in [2.05, 4.69) is 0 Å². The number of carbonyl (C=O) groups excluding carboxylic acids is 1. The predicted octanol–water partition coefficient (Wildman–Crippen LogP) is 3.06. The van der Waals surface area contributed by atoms with E-state index in [0.29, 0.717) is 6.29 Å². The molecule has 1 nitrogen and oxygen atoms in total. The van der Waals surface area contributed by atoms with Crippen molar-refractivity contribution in [1.29, 1.82) is 0 Å². The Balaban J connectivity index is 3.05. The van der Waals surface area contributed by atoms with Gasteiger partial charge in [0, 0.05) is 0 Å². The van der Waals surface area contributed by atoms with E-state index in [1.807, 2.05) is 0 Å². The van der Waals surface area contributed by atoms with E-state index in [4.69, 9.17) is 34.8 Å². The third kappa shape index (κ3) is 1.68. The van der Waals surface area contributed by atoms with Crippen LogP contribution in [0, 0.1) is 5.41 Å². The molecular formula is C8H7Cl3O. The van der Waals surface area contributed by atoms with E-state index in [9.17, 15) is 4.79 Å². The molecule has 0 heterocycles. The van der Waals surface area contributed by atoms with Gasteiger partial charge < -0.3 is 4.79 Å². The lowest BCUT2D eigenvalue weighted by Gasteiger charge is -2.29. The molecule has 1 rings (SSSR count). The molecule has 0 bridgehead atoms. The lowest BCUT2D eigenvalue weighted by atomic mass is 9.87. The van der Waals surface area contributed by atoms with Crippen LogP contribution in [0.3, 0.4) is 0 Å². The number of aldehydes is 1. The first kappa shape index (κ1) is 10.1. The summed E-state index contributed by atoms with van der Waals surface area (Å²) in [5, 5.41) is 0. The number of allylic oxidation sites excluding steroid dienone is 4. The van der Waals surface area contributed by atoms with Crippen molar-refractivity contribution in [3.63, 3.8) is 0 Å². The monoisotopic (exact) mass is 224 g/mol. The van der Waals surface area contributed by atoms with Crippen LogP contribution < -0.4 is 0 Å². The number of hydrogen-bond donors (Lipinski definition) is 0. The summed E-state index contributed by atoms with van der Waals surface area (Å²) >= 11 is 17.0. The molecule has 0 aliphatic heterocycles. The molecule has 0 saturated carbocycles. The fraction of sp³-hybridized carbons (Fsp3) is 0.375. The predicted molar refractivity (Wildman–Crippen MR) is 51.7 cm³/mol. The minimum atomic E-state index is -1.61. The zero-order valence-corrected chi connectivity index (χ0v) is 8.40. The summed E-state index contributed by atoms with van der Waals surface area (Å²) in [4.78, 5) is 10.8. The van der Waals surface area contributed by atoms with Crippen molar-refractivity contribution in [2.24, 2.45) is 5.41 Å². The van der Waals surface area contributed by atoms with Gasteiger partial charge >= 0.3 is 0 Å². The van der Waals surface area contributed by atoms with E-state index in [-0.39, 0.29) is 0 Å². The second kappa shape index (κ2) is 3.41.